The van der Waals surface area contributed by atoms with E-state index in [4.69, 9.17) is 14.6 Å². The lowest BCUT2D eigenvalue weighted by atomic mass is 10.1. The Bertz CT molecular complexity index is 746. The molecule has 0 aromatic heterocycles. The average molecular weight is 436 g/mol. The van der Waals surface area contributed by atoms with Crippen molar-refractivity contribution in [2.75, 3.05) is 20.3 Å². The zero-order chi connectivity index (χ0) is 19.6. The summed E-state index contributed by atoms with van der Waals surface area (Å²) in [4.78, 5) is 22.8. The topological polar surface area (TPSA) is 84.9 Å². The number of carbonyl (C=O) groups excluding carboxylic acids is 1. The molecule has 2 N–H and O–H groups in total. The molecule has 0 fully saturated rings. The Hall–Kier alpha value is -2.38. The molecule has 0 aliphatic rings. The van der Waals surface area contributed by atoms with E-state index in [-0.39, 0.29) is 18.9 Å². The predicted octanol–water partition coefficient (Wildman–Crippen LogP) is 2.83. The Balaban J connectivity index is 1.71. The first kappa shape index (κ1) is 20.9. The second-order valence-corrected chi connectivity index (χ2v) is 6.84. The van der Waals surface area contributed by atoms with Crippen molar-refractivity contribution in [1.82, 2.24) is 5.32 Å². The van der Waals surface area contributed by atoms with Gasteiger partial charge in [0.25, 0.3) is 5.91 Å². The van der Waals surface area contributed by atoms with E-state index in [1.807, 2.05) is 24.3 Å². The van der Waals surface area contributed by atoms with Crippen LogP contribution in [0.1, 0.15) is 11.1 Å². The van der Waals surface area contributed by atoms with Gasteiger partial charge in [-0.25, -0.2) is 4.79 Å². The number of aliphatic carboxylic acids is 1. The number of hydrogen-bond acceptors (Lipinski definition) is 4. The van der Waals surface area contributed by atoms with Crippen molar-refractivity contribution in [2.45, 2.75) is 18.9 Å². The summed E-state index contributed by atoms with van der Waals surface area (Å²) >= 11 is 3.39. The number of hydrogen-bond donors (Lipinski definition) is 2. The van der Waals surface area contributed by atoms with Crippen molar-refractivity contribution in [1.29, 1.82) is 0 Å². The van der Waals surface area contributed by atoms with E-state index in [0.29, 0.717) is 12.3 Å². The number of benzene rings is 2. The minimum absolute atomic E-state index is 0.0739. The van der Waals surface area contributed by atoms with Crippen LogP contribution in [0.4, 0.5) is 0 Å². The molecule has 2 aromatic carbocycles. The Morgan fingerprint density at radius 2 is 1.70 bits per heavy atom. The second-order valence-electron chi connectivity index (χ2n) is 5.93. The van der Waals surface area contributed by atoms with Crippen molar-refractivity contribution < 1.29 is 24.2 Å². The summed E-state index contributed by atoms with van der Waals surface area (Å²) < 4.78 is 11.4. The summed E-state index contributed by atoms with van der Waals surface area (Å²) in [6, 6.07) is 14.9. The van der Waals surface area contributed by atoms with Crippen LogP contribution in [-0.4, -0.2) is 43.3 Å². The van der Waals surface area contributed by atoms with E-state index >= 15 is 0 Å². The molecule has 2 rings (SSSR count). The lowest BCUT2D eigenvalue weighted by Gasteiger charge is -2.11. The molecule has 0 heterocycles. The summed E-state index contributed by atoms with van der Waals surface area (Å²) in [5.74, 6) is -0.648. The Morgan fingerprint density at radius 1 is 1.07 bits per heavy atom. The lowest BCUT2D eigenvalue weighted by molar-refractivity contribution is -0.148. The summed E-state index contributed by atoms with van der Waals surface area (Å²) in [6.45, 7) is 0.464. The fourth-order valence-corrected chi connectivity index (χ4v) is 2.67. The summed E-state index contributed by atoms with van der Waals surface area (Å²) in [7, 11) is 1.37. The first-order chi connectivity index (χ1) is 13.0. The van der Waals surface area contributed by atoms with Crippen molar-refractivity contribution in [3.8, 4) is 5.75 Å². The first-order valence-corrected chi connectivity index (χ1v) is 9.25. The number of carboxylic acids is 1. The van der Waals surface area contributed by atoms with E-state index in [0.717, 1.165) is 22.0 Å². The number of rotatable bonds is 10. The van der Waals surface area contributed by atoms with Gasteiger partial charge >= 0.3 is 5.97 Å². The maximum atomic E-state index is 11.9. The van der Waals surface area contributed by atoms with Crippen LogP contribution in [0.3, 0.4) is 0 Å². The van der Waals surface area contributed by atoms with E-state index in [1.54, 1.807) is 24.3 Å². The number of ether oxygens (including phenoxy) is 2. The van der Waals surface area contributed by atoms with Crippen LogP contribution in [0.15, 0.2) is 53.0 Å². The third-order valence-corrected chi connectivity index (χ3v) is 4.45. The zero-order valence-corrected chi connectivity index (χ0v) is 16.6. The van der Waals surface area contributed by atoms with Crippen molar-refractivity contribution in [2.24, 2.45) is 0 Å². The molecule has 27 heavy (non-hydrogen) atoms. The fraction of sp³-hybridized carbons (Fsp3) is 0.300. The Morgan fingerprint density at radius 3 is 2.30 bits per heavy atom. The predicted molar refractivity (Wildman–Crippen MR) is 105 cm³/mol. The van der Waals surface area contributed by atoms with Gasteiger partial charge < -0.3 is 19.9 Å². The number of nitrogens with one attached hydrogen (secondary N) is 1. The van der Waals surface area contributed by atoms with Gasteiger partial charge in [-0.3, -0.25) is 4.79 Å². The molecular weight excluding hydrogens is 414 g/mol. The maximum Gasteiger partial charge on any atom is 0.333 e. The van der Waals surface area contributed by atoms with Gasteiger partial charge in [-0.1, -0.05) is 40.2 Å². The SMILES string of the molecule is COC(Cc1ccc(OCC(=O)NCCc2ccc(Br)cc2)cc1)C(=O)O. The molecule has 7 heteroatoms. The van der Waals surface area contributed by atoms with Crippen LogP contribution in [0.25, 0.3) is 0 Å². The number of carboxylic acid groups (broad SMARTS) is 1. The molecule has 0 aliphatic heterocycles. The highest BCUT2D eigenvalue weighted by Gasteiger charge is 2.16. The van der Waals surface area contributed by atoms with Crippen molar-refractivity contribution in [3.05, 3.63) is 64.1 Å². The summed E-state index contributed by atoms with van der Waals surface area (Å²) in [5, 5.41) is 11.8. The van der Waals surface area contributed by atoms with E-state index in [2.05, 4.69) is 21.2 Å². The van der Waals surface area contributed by atoms with E-state index in [1.165, 1.54) is 7.11 Å². The standard InChI is InChI=1S/C20H22BrNO5/c1-26-18(20(24)25)12-15-4-8-17(9-5-15)27-13-19(23)22-11-10-14-2-6-16(21)7-3-14/h2-9,18H,10-13H2,1H3,(H,22,23)(H,24,25). The van der Waals surface area contributed by atoms with Gasteiger partial charge in [0, 0.05) is 24.5 Å². The van der Waals surface area contributed by atoms with Gasteiger partial charge in [0.1, 0.15) is 5.75 Å². The molecule has 144 valence electrons. The molecular formula is C20H22BrNO5. The normalized spacial score (nSPS) is 11.6. The Kier molecular flexibility index (Phi) is 8.29. The fourth-order valence-electron chi connectivity index (χ4n) is 2.40. The highest BCUT2D eigenvalue weighted by molar-refractivity contribution is 9.10. The first-order valence-electron chi connectivity index (χ1n) is 8.46. The maximum absolute atomic E-state index is 11.9. The van der Waals surface area contributed by atoms with Crippen LogP contribution in [-0.2, 0) is 27.2 Å². The minimum Gasteiger partial charge on any atom is -0.484 e. The van der Waals surface area contributed by atoms with Crippen LogP contribution < -0.4 is 10.1 Å². The summed E-state index contributed by atoms with van der Waals surface area (Å²) in [5.41, 5.74) is 1.96. The smallest absolute Gasteiger partial charge is 0.333 e. The highest BCUT2D eigenvalue weighted by atomic mass is 79.9. The van der Waals surface area contributed by atoms with Gasteiger partial charge in [0.2, 0.25) is 0 Å². The Labute approximate surface area is 166 Å². The monoisotopic (exact) mass is 435 g/mol. The molecule has 6 nitrogen and oxygen atoms in total. The number of amides is 1. The van der Waals surface area contributed by atoms with Gasteiger partial charge in [0.05, 0.1) is 0 Å². The number of carbonyl (C=O) groups is 2. The quantitative estimate of drug-likeness (QED) is 0.599. The third-order valence-electron chi connectivity index (χ3n) is 3.92. The molecule has 0 radical (unpaired) electrons. The van der Waals surface area contributed by atoms with Gasteiger partial charge in [0.15, 0.2) is 12.7 Å². The van der Waals surface area contributed by atoms with Gasteiger partial charge in [-0.2, -0.15) is 0 Å². The molecule has 1 atom stereocenters. The van der Waals surface area contributed by atoms with Crippen molar-refractivity contribution in [3.63, 3.8) is 0 Å². The minimum atomic E-state index is -1.00. The van der Waals surface area contributed by atoms with Crippen LogP contribution in [0.5, 0.6) is 5.75 Å². The zero-order valence-electron chi connectivity index (χ0n) is 15.0. The number of methoxy groups -OCH3 is 1. The van der Waals surface area contributed by atoms with E-state index in [9.17, 15) is 9.59 Å². The van der Waals surface area contributed by atoms with Crippen LogP contribution in [0.2, 0.25) is 0 Å². The molecule has 0 spiro atoms. The van der Waals surface area contributed by atoms with Gasteiger partial charge in [-0.15, -0.1) is 0 Å². The van der Waals surface area contributed by atoms with E-state index < -0.39 is 12.1 Å². The molecule has 0 bridgehead atoms. The molecule has 2 aromatic rings. The van der Waals surface area contributed by atoms with Gasteiger partial charge in [-0.05, 0) is 41.8 Å². The summed E-state index contributed by atoms with van der Waals surface area (Å²) in [6.07, 6.45) is 0.133. The third kappa shape index (κ3) is 7.40. The highest BCUT2D eigenvalue weighted by Crippen LogP contribution is 2.14. The molecule has 0 saturated carbocycles. The molecule has 0 saturated heterocycles. The average Bonchev–Trinajstić information content (AvgIpc) is 2.66. The number of halogens is 1. The molecule has 0 aliphatic carbocycles. The molecule has 1 amide bonds. The van der Waals surface area contributed by atoms with Crippen molar-refractivity contribution >= 4 is 27.8 Å². The second kappa shape index (κ2) is 10.7. The van der Waals surface area contributed by atoms with Crippen LogP contribution >= 0.6 is 15.9 Å². The largest absolute Gasteiger partial charge is 0.484 e. The molecule has 1 unspecified atom stereocenters. The lowest BCUT2D eigenvalue weighted by Crippen LogP contribution is -2.30. The van der Waals surface area contributed by atoms with Crippen LogP contribution in [0, 0.1) is 0 Å².